The van der Waals surface area contributed by atoms with Crippen LogP contribution in [0.2, 0.25) is 0 Å². The first-order chi connectivity index (χ1) is 25.6. The van der Waals surface area contributed by atoms with Crippen LogP contribution in [0.4, 0.5) is 11.4 Å². The van der Waals surface area contributed by atoms with Gasteiger partial charge < -0.3 is 15.2 Å². The molecule has 4 aromatic rings. The van der Waals surface area contributed by atoms with E-state index in [0.29, 0.717) is 33.4 Å². The molecule has 10 heteroatoms. The molecule has 0 aromatic heterocycles. The van der Waals surface area contributed by atoms with Crippen molar-refractivity contribution in [1.29, 1.82) is 0 Å². The summed E-state index contributed by atoms with van der Waals surface area (Å²) >= 11 is 0. The maximum Gasteiger partial charge on any atom is 0.281 e. The zero-order valence-corrected chi connectivity index (χ0v) is 33.1. The van der Waals surface area contributed by atoms with Gasteiger partial charge in [0.25, 0.3) is 5.56 Å². The Hall–Kier alpha value is -5.06. The summed E-state index contributed by atoms with van der Waals surface area (Å²) in [5.41, 5.74) is 1.39. The van der Waals surface area contributed by atoms with E-state index >= 15 is 0 Å². The molecule has 282 valence electrons. The maximum atomic E-state index is 14.6. The van der Waals surface area contributed by atoms with Gasteiger partial charge in [0.15, 0.2) is 11.2 Å². The molecule has 0 spiro atoms. The molecule has 0 amide bonds. The smallest absolute Gasteiger partial charge is 0.281 e. The molecule has 0 saturated heterocycles. The summed E-state index contributed by atoms with van der Waals surface area (Å²) in [5.74, 6) is 0.520. The molecular weight excluding hydrogens is 699 g/mol. The number of aromatic nitrogens is 1. The standard InChI is InChI=1S/C44H49N3O6S/c1-9-12-23-45-54(51,52)35-20-16-15-19-31(35)46-32-25-34(53-33-22-21-27(43(5,6)10-2)24-30(33)44(7,8)11-3)40-39-37(36(26(4)48)42(50)47-40)28-17-13-14-18-29(28)41(49)38(32)39/h13-22,24-25,45-46,48H,9-12,23H2,1-8H3/b36-26-. The zero-order valence-electron chi connectivity index (χ0n) is 32.3. The van der Waals surface area contributed by atoms with E-state index in [1.165, 1.54) is 18.6 Å². The van der Waals surface area contributed by atoms with Crippen molar-refractivity contribution in [2.75, 3.05) is 11.9 Å². The minimum absolute atomic E-state index is 0.00844. The van der Waals surface area contributed by atoms with Crippen LogP contribution < -0.4 is 31.0 Å². The summed E-state index contributed by atoms with van der Waals surface area (Å²) in [4.78, 5) is 33.0. The number of aliphatic hydroxyl groups is 1. The molecule has 1 aliphatic carbocycles. The van der Waals surface area contributed by atoms with Crippen molar-refractivity contribution in [3.63, 3.8) is 0 Å². The molecule has 6 rings (SSSR count). The summed E-state index contributed by atoms with van der Waals surface area (Å²) in [6, 6.07) is 21.3. The lowest BCUT2D eigenvalue weighted by Gasteiger charge is -2.30. The molecule has 4 aromatic carbocycles. The van der Waals surface area contributed by atoms with Gasteiger partial charge in [-0.25, -0.2) is 18.1 Å². The van der Waals surface area contributed by atoms with E-state index in [1.807, 2.05) is 13.0 Å². The maximum absolute atomic E-state index is 14.6. The van der Waals surface area contributed by atoms with Crippen molar-refractivity contribution in [3.05, 3.63) is 120 Å². The van der Waals surface area contributed by atoms with Gasteiger partial charge in [-0.3, -0.25) is 9.59 Å². The monoisotopic (exact) mass is 747 g/mol. The van der Waals surface area contributed by atoms with Crippen LogP contribution in [0.3, 0.4) is 0 Å². The van der Waals surface area contributed by atoms with Crippen molar-refractivity contribution in [3.8, 4) is 11.5 Å². The fraction of sp³-hybridized carbons (Fsp3) is 0.341. The minimum atomic E-state index is -3.95. The molecule has 54 heavy (non-hydrogen) atoms. The predicted octanol–water partition coefficient (Wildman–Crippen LogP) is 8.67. The van der Waals surface area contributed by atoms with E-state index in [4.69, 9.17) is 4.74 Å². The SMILES string of the molecule is CCCCNS(=O)(=O)c1ccccc1Nc1cc(Oc2ccc(C(C)(C)CC)cc2C(C)(C)CC)c2nc(=O)/c(=C(/C)O)c3c4ccccc4c(=O)c1c2=3. The third-order valence-corrected chi connectivity index (χ3v) is 12.5. The van der Waals surface area contributed by atoms with Crippen LogP contribution in [-0.2, 0) is 20.9 Å². The van der Waals surface area contributed by atoms with E-state index in [1.54, 1.807) is 48.5 Å². The fourth-order valence-electron chi connectivity index (χ4n) is 6.93. The first-order valence-electron chi connectivity index (χ1n) is 18.6. The zero-order chi connectivity index (χ0) is 39.2. The van der Waals surface area contributed by atoms with Gasteiger partial charge in [0.2, 0.25) is 10.0 Å². The Morgan fingerprint density at radius 1 is 0.815 bits per heavy atom. The number of anilines is 2. The Morgan fingerprint density at radius 3 is 2.15 bits per heavy atom. The van der Waals surface area contributed by atoms with Crippen molar-refractivity contribution in [2.45, 2.75) is 96.8 Å². The van der Waals surface area contributed by atoms with Crippen LogP contribution in [0.5, 0.6) is 11.5 Å². The first kappa shape index (κ1) is 38.7. The van der Waals surface area contributed by atoms with Gasteiger partial charge in [-0.05, 0) is 66.2 Å². The highest BCUT2D eigenvalue weighted by Gasteiger charge is 2.29. The van der Waals surface area contributed by atoms with Crippen molar-refractivity contribution in [2.24, 2.45) is 0 Å². The van der Waals surface area contributed by atoms with Gasteiger partial charge in [0.1, 0.15) is 21.9 Å². The Bertz CT molecular complexity index is 2740. The van der Waals surface area contributed by atoms with Gasteiger partial charge in [0.05, 0.1) is 22.0 Å². The third-order valence-electron chi connectivity index (χ3n) is 11.0. The number of rotatable bonds is 13. The Morgan fingerprint density at radius 2 is 1.48 bits per heavy atom. The number of para-hydroxylation sites is 1. The first-order valence-corrected chi connectivity index (χ1v) is 20.1. The highest BCUT2D eigenvalue weighted by molar-refractivity contribution is 7.89. The average Bonchev–Trinajstić information content (AvgIpc) is 3.14. The molecule has 0 saturated carbocycles. The molecule has 0 bridgehead atoms. The fourth-order valence-corrected chi connectivity index (χ4v) is 8.17. The lowest BCUT2D eigenvalue weighted by molar-refractivity contribution is 0.434. The molecule has 2 aliphatic rings. The normalized spacial score (nSPS) is 13.2. The molecule has 0 atom stereocenters. The van der Waals surface area contributed by atoms with E-state index < -0.39 is 15.6 Å². The molecular formula is C44H49N3O6S. The van der Waals surface area contributed by atoms with Crippen molar-refractivity contribution in [1.82, 2.24) is 9.71 Å². The molecule has 0 unspecified atom stereocenters. The van der Waals surface area contributed by atoms with Gasteiger partial charge >= 0.3 is 0 Å². The average molecular weight is 748 g/mol. The number of sulfonamides is 1. The highest BCUT2D eigenvalue weighted by atomic mass is 32.2. The number of unbranched alkanes of at least 4 members (excludes halogenated alkanes) is 1. The second kappa shape index (κ2) is 14.6. The number of benzene rings is 4. The van der Waals surface area contributed by atoms with Crippen LogP contribution in [0, 0.1) is 10.4 Å². The second-order valence-electron chi connectivity index (χ2n) is 15.3. The van der Waals surface area contributed by atoms with E-state index in [-0.39, 0.29) is 66.7 Å². The predicted molar refractivity (Wildman–Crippen MR) is 218 cm³/mol. The van der Waals surface area contributed by atoms with Crippen LogP contribution in [0.1, 0.15) is 92.2 Å². The molecule has 1 aliphatic heterocycles. The summed E-state index contributed by atoms with van der Waals surface area (Å²) < 4.78 is 36.8. The van der Waals surface area contributed by atoms with Gasteiger partial charge in [-0.2, -0.15) is 0 Å². The van der Waals surface area contributed by atoms with Crippen LogP contribution >= 0.6 is 0 Å². The number of aliphatic hydroxyl groups excluding tert-OH is 1. The summed E-state index contributed by atoms with van der Waals surface area (Å²) in [5, 5.41) is 15.9. The Kier molecular flexibility index (Phi) is 10.5. The summed E-state index contributed by atoms with van der Waals surface area (Å²) in [7, 11) is -3.95. The van der Waals surface area contributed by atoms with Gasteiger partial charge in [0, 0.05) is 34.0 Å². The molecule has 0 radical (unpaired) electrons. The lowest BCUT2D eigenvalue weighted by Crippen LogP contribution is -2.32. The summed E-state index contributed by atoms with van der Waals surface area (Å²) in [6.07, 6.45) is 3.24. The second-order valence-corrected chi connectivity index (χ2v) is 17.0. The summed E-state index contributed by atoms with van der Waals surface area (Å²) in [6.45, 7) is 16.7. The van der Waals surface area contributed by atoms with E-state index in [9.17, 15) is 23.1 Å². The number of hydrogen-bond acceptors (Lipinski definition) is 8. The van der Waals surface area contributed by atoms with Gasteiger partial charge in [-0.1, -0.05) is 103 Å². The Labute approximate surface area is 316 Å². The lowest BCUT2D eigenvalue weighted by atomic mass is 9.76. The largest absolute Gasteiger partial charge is 0.512 e. The van der Waals surface area contributed by atoms with Crippen LogP contribution in [0.25, 0.3) is 27.4 Å². The third kappa shape index (κ3) is 6.89. The molecule has 9 nitrogen and oxygen atoms in total. The van der Waals surface area contributed by atoms with E-state index in [0.717, 1.165) is 24.8 Å². The Balaban J connectivity index is 1.74. The van der Waals surface area contributed by atoms with Crippen molar-refractivity contribution >= 4 is 48.8 Å². The van der Waals surface area contributed by atoms with Gasteiger partial charge in [-0.15, -0.1) is 0 Å². The molecule has 1 heterocycles. The van der Waals surface area contributed by atoms with Crippen LogP contribution in [0.15, 0.2) is 87.3 Å². The molecule has 3 N–H and O–H groups in total. The number of nitrogens with one attached hydrogen (secondary N) is 2. The van der Waals surface area contributed by atoms with Crippen LogP contribution in [-0.4, -0.2) is 25.1 Å². The number of hydrogen-bond donors (Lipinski definition) is 3. The highest BCUT2D eigenvalue weighted by Crippen LogP contribution is 2.42. The number of fused-ring (bicyclic) bond motifs is 2. The topological polar surface area (TPSA) is 135 Å². The number of ether oxygens (including phenoxy) is 1. The van der Waals surface area contributed by atoms with E-state index in [2.05, 4.69) is 68.7 Å². The molecule has 0 fully saturated rings. The minimum Gasteiger partial charge on any atom is -0.512 e. The van der Waals surface area contributed by atoms with Crippen molar-refractivity contribution < 1.29 is 18.3 Å². The number of nitrogens with zero attached hydrogens (tertiary/aromatic N) is 1. The quantitative estimate of drug-likeness (QED) is 0.100.